The van der Waals surface area contributed by atoms with Gasteiger partial charge in [0, 0.05) is 11.8 Å². The highest BCUT2D eigenvalue weighted by Gasteiger charge is 2.45. The number of aryl methyl sites for hydroxylation is 1. The summed E-state index contributed by atoms with van der Waals surface area (Å²) in [6.45, 7) is 1.90. The molecule has 0 N–H and O–H groups in total. The minimum absolute atomic E-state index is 0.345. The van der Waals surface area contributed by atoms with E-state index in [4.69, 9.17) is 4.74 Å². The van der Waals surface area contributed by atoms with Crippen molar-refractivity contribution < 1.29 is 9.53 Å². The molecular formula is C11H12N2O2. The fraction of sp³-hybridized carbons (Fsp3) is 0.455. The Kier molecular flexibility index (Phi) is 2.29. The fourth-order valence-corrected chi connectivity index (χ4v) is 1.68. The van der Waals surface area contributed by atoms with Gasteiger partial charge in [0.25, 0.3) is 0 Å². The fourth-order valence-electron chi connectivity index (χ4n) is 1.68. The van der Waals surface area contributed by atoms with Crippen molar-refractivity contribution in [2.45, 2.75) is 25.3 Å². The Bertz CT molecular complexity index is 432. The third kappa shape index (κ3) is 1.76. The second-order valence-electron chi connectivity index (χ2n) is 3.77. The third-order valence-corrected chi connectivity index (χ3v) is 2.66. The number of aliphatic imine (C=N–C) groups is 1. The molecule has 1 aliphatic carbocycles. The van der Waals surface area contributed by atoms with Gasteiger partial charge in [-0.25, -0.2) is 9.78 Å². The molecule has 1 aliphatic rings. The average molecular weight is 204 g/mol. The summed E-state index contributed by atoms with van der Waals surface area (Å²) in [7, 11) is 1.58. The van der Waals surface area contributed by atoms with Crippen molar-refractivity contribution in [2.24, 2.45) is 4.99 Å². The summed E-state index contributed by atoms with van der Waals surface area (Å²) < 4.78 is 5.09. The number of hydrogen-bond acceptors (Lipinski definition) is 4. The van der Waals surface area contributed by atoms with E-state index in [1.54, 1.807) is 13.2 Å². The molecule has 15 heavy (non-hydrogen) atoms. The lowest BCUT2D eigenvalue weighted by atomic mass is 10.1. The van der Waals surface area contributed by atoms with Crippen LogP contribution >= 0.6 is 0 Å². The first-order valence-corrected chi connectivity index (χ1v) is 4.82. The lowest BCUT2D eigenvalue weighted by Gasteiger charge is -2.10. The first-order chi connectivity index (χ1) is 7.20. The van der Waals surface area contributed by atoms with Crippen LogP contribution in [0.3, 0.4) is 0 Å². The van der Waals surface area contributed by atoms with E-state index in [-0.39, 0.29) is 5.54 Å². The zero-order chi connectivity index (χ0) is 10.9. The van der Waals surface area contributed by atoms with Crippen molar-refractivity contribution in [2.75, 3.05) is 7.11 Å². The van der Waals surface area contributed by atoms with Crippen LogP contribution in [0, 0.1) is 6.92 Å². The van der Waals surface area contributed by atoms with E-state index in [0.29, 0.717) is 5.88 Å². The molecule has 0 bridgehead atoms. The molecular weight excluding hydrogens is 192 g/mol. The highest BCUT2D eigenvalue weighted by molar-refractivity contribution is 5.42. The quantitative estimate of drug-likeness (QED) is 0.556. The van der Waals surface area contributed by atoms with E-state index >= 15 is 0 Å². The number of aromatic nitrogens is 1. The summed E-state index contributed by atoms with van der Waals surface area (Å²) in [5, 5.41) is 0. The molecule has 1 aromatic rings. The lowest BCUT2D eigenvalue weighted by molar-refractivity contribution is 0.395. The summed E-state index contributed by atoms with van der Waals surface area (Å²) in [6.07, 6.45) is 3.44. The number of carbonyl (C=O) groups excluding carboxylic acids is 1. The second kappa shape index (κ2) is 3.48. The minimum atomic E-state index is -0.345. The molecule has 0 aliphatic heterocycles. The lowest BCUT2D eigenvalue weighted by Crippen LogP contribution is -2.04. The highest BCUT2D eigenvalue weighted by Crippen LogP contribution is 2.49. The summed E-state index contributed by atoms with van der Waals surface area (Å²) in [4.78, 5) is 18.4. The average Bonchev–Trinajstić information content (AvgIpc) is 2.98. The van der Waals surface area contributed by atoms with Crippen LogP contribution < -0.4 is 4.74 Å². The smallest absolute Gasteiger partial charge is 0.235 e. The van der Waals surface area contributed by atoms with Gasteiger partial charge in [-0.3, -0.25) is 0 Å². The van der Waals surface area contributed by atoms with Crippen molar-refractivity contribution in [3.63, 3.8) is 0 Å². The molecule has 0 unspecified atom stereocenters. The number of methoxy groups -OCH3 is 1. The van der Waals surface area contributed by atoms with Crippen LogP contribution in [0.2, 0.25) is 0 Å². The zero-order valence-electron chi connectivity index (χ0n) is 8.78. The van der Waals surface area contributed by atoms with Gasteiger partial charge in [-0.2, -0.15) is 4.99 Å². The normalized spacial score (nSPS) is 16.7. The largest absolute Gasteiger partial charge is 0.481 e. The monoisotopic (exact) mass is 204 g/mol. The van der Waals surface area contributed by atoms with Gasteiger partial charge in [0.15, 0.2) is 0 Å². The maximum absolute atomic E-state index is 10.3. The predicted octanol–water partition coefficient (Wildman–Crippen LogP) is 1.72. The van der Waals surface area contributed by atoms with Gasteiger partial charge < -0.3 is 4.74 Å². The van der Waals surface area contributed by atoms with Gasteiger partial charge in [-0.05, 0) is 31.4 Å². The molecule has 4 nitrogen and oxygen atoms in total. The standard InChI is InChI=1S/C11H12N2O2/c1-8-5-9(6-10(13-8)15-2)11(3-4-11)12-7-14/h5-6H,3-4H2,1-2H3. The molecule has 1 fully saturated rings. The molecule has 1 saturated carbocycles. The van der Waals surface area contributed by atoms with Crippen LogP contribution in [0.25, 0.3) is 0 Å². The number of isocyanates is 1. The van der Waals surface area contributed by atoms with Crippen molar-refractivity contribution >= 4 is 6.08 Å². The van der Waals surface area contributed by atoms with Crippen molar-refractivity contribution in [3.05, 3.63) is 23.4 Å². The molecule has 0 radical (unpaired) electrons. The summed E-state index contributed by atoms with van der Waals surface area (Å²) in [6, 6.07) is 3.77. The van der Waals surface area contributed by atoms with Crippen molar-refractivity contribution in [1.29, 1.82) is 0 Å². The molecule has 0 saturated heterocycles. The van der Waals surface area contributed by atoms with E-state index in [9.17, 15) is 4.79 Å². The maximum Gasteiger partial charge on any atom is 0.235 e. The van der Waals surface area contributed by atoms with E-state index in [1.165, 1.54) is 0 Å². The van der Waals surface area contributed by atoms with Gasteiger partial charge in [-0.1, -0.05) is 0 Å². The van der Waals surface area contributed by atoms with Crippen LogP contribution in [0.4, 0.5) is 0 Å². The first-order valence-electron chi connectivity index (χ1n) is 4.82. The Balaban J connectivity index is 2.44. The number of ether oxygens (including phenoxy) is 1. The minimum Gasteiger partial charge on any atom is -0.481 e. The number of nitrogens with zero attached hydrogens (tertiary/aromatic N) is 2. The second-order valence-corrected chi connectivity index (χ2v) is 3.77. The van der Waals surface area contributed by atoms with Gasteiger partial charge in [0.05, 0.1) is 12.6 Å². The molecule has 0 spiro atoms. The topological polar surface area (TPSA) is 51.5 Å². The Labute approximate surface area is 88.0 Å². The Hall–Kier alpha value is -1.67. The molecule has 0 aromatic carbocycles. The van der Waals surface area contributed by atoms with Crippen LogP contribution in [-0.4, -0.2) is 18.2 Å². The molecule has 1 heterocycles. The summed E-state index contributed by atoms with van der Waals surface area (Å²) in [5.41, 5.74) is 1.52. The van der Waals surface area contributed by atoms with Crippen LogP contribution in [0.5, 0.6) is 5.88 Å². The number of pyridine rings is 1. The van der Waals surface area contributed by atoms with Crippen LogP contribution in [0.1, 0.15) is 24.1 Å². The predicted molar refractivity (Wildman–Crippen MR) is 54.6 cm³/mol. The Morgan fingerprint density at radius 3 is 2.80 bits per heavy atom. The summed E-state index contributed by atoms with van der Waals surface area (Å²) >= 11 is 0. The molecule has 1 aromatic heterocycles. The number of rotatable bonds is 3. The van der Waals surface area contributed by atoms with Crippen LogP contribution in [-0.2, 0) is 10.3 Å². The molecule has 0 atom stereocenters. The van der Waals surface area contributed by atoms with E-state index in [1.807, 2.05) is 19.1 Å². The SMILES string of the molecule is COc1cc(C2(N=C=O)CC2)cc(C)n1. The molecule has 78 valence electrons. The van der Waals surface area contributed by atoms with Gasteiger partial charge in [0.2, 0.25) is 12.0 Å². The van der Waals surface area contributed by atoms with E-state index in [0.717, 1.165) is 24.1 Å². The van der Waals surface area contributed by atoms with Gasteiger partial charge in [-0.15, -0.1) is 0 Å². The van der Waals surface area contributed by atoms with E-state index < -0.39 is 0 Å². The molecule has 4 heteroatoms. The maximum atomic E-state index is 10.3. The molecule has 0 amide bonds. The first kappa shape index (κ1) is 9.87. The Morgan fingerprint density at radius 1 is 1.53 bits per heavy atom. The van der Waals surface area contributed by atoms with Gasteiger partial charge in [0.1, 0.15) is 0 Å². The van der Waals surface area contributed by atoms with Crippen molar-refractivity contribution in [3.8, 4) is 5.88 Å². The third-order valence-electron chi connectivity index (χ3n) is 2.66. The number of hydrogen-bond donors (Lipinski definition) is 0. The molecule has 2 rings (SSSR count). The zero-order valence-corrected chi connectivity index (χ0v) is 8.78. The highest BCUT2D eigenvalue weighted by atomic mass is 16.5. The van der Waals surface area contributed by atoms with Gasteiger partial charge >= 0.3 is 0 Å². The van der Waals surface area contributed by atoms with E-state index in [2.05, 4.69) is 9.98 Å². The summed E-state index contributed by atoms with van der Waals surface area (Å²) in [5.74, 6) is 0.567. The van der Waals surface area contributed by atoms with Crippen LogP contribution in [0.15, 0.2) is 17.1 Å². The van der Waals surface area contributed by atoms with Crippen molar-refractivity contribution in [1.82, 2.24) is 4.98 Å². The Morgan fingerprint density at radius 2 is 2.27 bits per heavy atom.